The molecule has 1 aliphatic carbocycles. The van der Waals surface area contributed by atoms with Crippen LogP contribution < -0.4 is 0 Å². The fourth-order valence-corrected chi connectivity index (χ4v) is 3.52. The molecule has 0 N–H and O–H groups in total. The lowest BCUT2D eigenvalue weighted by Crippen LogP contribution is -2.10. The topological polar surface area (TPSA) is 35.5 Å². The second kappa shape index (κ2) is 6.89. The number of carbonyl (C=O) groups excluding carboxylic acids is 1. The van der Waals surface area contributed by atoms with Gasteiger partial charge in [0.05, 0.1) is 13.0 Å². The van der Waals surface area contributed by atoms with Crippen LogP contribution in [0.2, 0.25) is 0 Å². The number of ether oxygens (including phenoxy) is 2. The van der Waals surface area contributed by atoms with E-state index in [9.17, 15) is 4.79 Å². The lowest BCUT2D eigenvalue weighted by molar-refractivity contribution is 0.0950. The molecule has 1 unspecified atom stereocenters. The Morgan fingerprint density at radius 2 is 1.42 bits per heavy atom. The quantitative estimate of drug-likeness (QED) is 0.600. The first-order valence-corrected chi connectivity index (χ1v) is 8.49. The van der Waals surface area contributed by atoms with E-state index < -0.39 is 6.16 Å². The summed E-state index contributed by atoms with van der Waals surface area (Å²) in [6, 6.07) is 28.2. The molecule has 0 saturated carbocycles. The Labute approximate surface area is 152 Å². The summed E-state index contributed by atoms with van der Waals surface area (Å²) in [5, 5.41) is 0. The second-order valence-electron chi connectivity index (χ2n) is 6.09. The lowest BCUT2D eigenvalue weighted by atomic mass is 9.92. The Morgan fingerprint density at radius 1 is 0.808 bits per heavy atom. The number of hydrogen-bond donors (Lipinski definition) is 0. The minimum Gasteiger partial charge on any atom is -0.437 e. The molecular formula is C23H18O3. The summed E-state index contributed by atoms with van der Waals surface area (Å²) in [5.74, 6) is 0.456. The van der Waals surface area contributed by atoms with E-state index >= 15 is 0 Å². The van der Waals surface area contributed by atoms with Gasteiger partial charge in [-0.05, 0) is 22.3 Å². The average Bonchev–Trinajstić information content (AvgIpc) is 3.02. The van der Waals surface area contributed by atoms with E-state index in [2.05, 4.69) is 24.3 Å². The monoisotopic (exact) mass is 342 g/mol. The van der Waals surface area contributed by atoms with Gasteiger partial charge in [0.15, 0.2) is 0 Å². The number of hydrogen-bond acceptors (Lipinski definition) is 3. The fraction of sp³-hybridized carbons (Fsp3) is 0.0870. The van der Waals surface area contributed by atoms with Gasteiger partial charge in [0.2, 0.25) is 0 Å². The number of carbonyl (C=O) groups is 1. The van der Waals surface area contributed by atoms with Crippen molar-refractivity contribution in [1.82, 2.24) is 0 Å². The normalized spacial score (nSPS) is 15.5. The molecule has 0 radical (unpaired) electrons. The summed E-state index contributed by atoms with van der Waals surface area (Å²) in [7, 11) is 1.32. The molecule has 4 rings (SSSR count). The van der Waals surface area contributed by atoms with Gasteiger partial charge in [0.1, 0.15) is 5.76 Å². The molecule has 0 fully saturated rings. The van der Waals surface area contributed by atoms with Crippen molar-refractivity contribution in [2.24, 2.45) is 0 Å². The first-order chi connectivity index (χ1) is 12.8. The SMILES string of the molecule is COC(=O)OC1=C(c2ccccc2)c2ccccc2C1c1ccccc1. The number of allylic oxidation sites excluding steroid dienone is 1. The van der Waals surface area contributed by atoms with Crippen LogP contribution in [0.25, 0.3) is 5.57 Å². The zero-order chi connectivity index (χ0) is 17.9. The first kappa shape index (κ1) is 16.2. The van der Waals surface area contributed by atoms with Crippen molar-refractivity contribution in [3.05, 3.63) is 113 Å². The highest BCUT2D eigenvalue weighted by atomic mass is 16.7. The van der Waals surface area contributed by atoms with Crippen LogP contribution in [0.15, 0.2) is 90.7 Å². The van der Waals surface area contributed by atoms with Crippen LogP contribution in [0.5, 0.6) is 0 Å². The number of rotatable bonds is 3. The Bertz CT molecular complexity index is 959. The zero-order valence-electron chi connectivity index (χ0n) is 14.4. The number of methoxy groups -OCH3 is 1. The number of fused-ring (bicyclic) bond motifs is 1. The van der Waals surface area contributed by atoms with Gasteiger partial charge in [0.25, 0.3) is 0 Å². The first-order valence-electron chi connectivity index (χ1n) is 8.49. The van der Waals surface area contributed by atoms with E-state index in [4.69, 9.17) is 9.47 Å². The molecule has 3 nitrogen and oxygen atoms in total. The van der Waals surface area contributed by atoms with Crippen LogP contribution in [-0.2, 0) is 9.47 Å². The Morgan fingerprint density at radius 3 is 2.12 bits per heavy atom. The van der Waals surface area contributed by atoms with Crippen LogP contribution >= 0.6 is 0 Å². The van der Waals surface area contributed by atoms with Crippen LogP contribution in [0.1, 0.15) is 28.2 Å². The van der Waals surface area contributed by atoms with Gasteiger partial charge in [-0.15, -0.1) is 0 Å². The fourth-order valence-electron chi connectivity index (χ4n) is 3.52. The maximum absolute atomic E-state index is 12.0. The van der Waals surface area contributed by atoms with Gasteiger partial charge in [-0.1, -0.05) is 84.9 Å². The molecule has 128 valence electrons. The summed E-state index contributed by atoms with van der Waals surface area (Å²) in [4.78, 5) is 12.0. The highest BCUT2D eigenvalue weighted by Crippen LogP contribution is 2.48. The third-order valence-electron chi connectivity index (χ3n) is 4.61. The molecule has 0 aliphatic heterocycles. The zero-order valence-corrected chi connectivity index (χ0v) is 14.4. The van der Waals surface area contributed by atoms with Crippen molar-refractivity contribution < 1.29 is 14.3 Å². The maximum Gasteiger partial charge on any atom is 0.513 e. The molecular weight excluding hydrogens is 324 g/mol. The molecule has 0 spiro atoms. The van der Waals surface area contributed by atoms with Crippen molar-refractivity contribution in [3.8, 4) is 0 Å². The highest BCUT2D eigenvalue weighted by Gasteiger charge is 2.36. The van der Waals surface area contributed by atoms with Crippen LogP contribution in [0.3, 0.4) is 0 Å². The second-order valence-corrected chi connectivity index (χ2v) is 6.09. The van der Waals surface area contributed by atoms with Crippen molar-refractivity contribution >= 4 is 11.7 Å². The standard InChI is InChI=1S/C23H18O3/c1-25-23(24)26-22-20(16-10-4-2-5-11-16)18-14-8-9-15-19(18)21(22)17-12-6-3-7-13-17/h2-15,20H,1H3. The lowest BCUT2D eigenvalue weighted by Gasteiger charge is -2.17. The summed E-state index contributed by atoms with van der Waals surface area (Å²) >= 11 is 0. The van der Waals surface area contributed by atoms with E-state index in [1.54, 1.807) is 0 Å². The van der Waals surface area contributed by atoms with Gasteiger partial charge in [-0.2, -0.15) is 0 Å². The number of benzene rings is 3. The molecule has 0 bridgehead atoms. The summed E-state index contributed by atoms with van der Waals surface area (Å²) in [6.45, 7) is 0. The minimum absolute atomic E-state index is 0.151. The van der Waals surface area contributed by atoms with E-state index in [-0.39, 0.29) is 5.92 Å². The molecule has 26 heavy (non-hydrogen) atoms. The Hall–Kier alpha value is -3.33. The Balaban J connectivity index is 1.97. The van der Waals surface area contributed by atoms with Crippen LogP contribution in [0.4, 0.5) is 4.79 Å². The molecule has 0 aromatic heterocycles. The summed E-state index contributed by atoms with van der Waals surface area (Å²) < 4.78 is 10.5. The third kappa shape index (κ3) is 2.78. The third-order valence-corrected chi connectivity index (χ3v) is 4.61. The maximum atomic E-state index is 12.0. The van der Waals surface area contributed by atoms with Gasteiger partial charge in [0, 0.05) is 5.57 Å². The highest BCUT2D eigenvalue weighted by molar-refractivity contribution is 5.89. The van der Waals surface area contributed by atoms with Crippen molar-refractivity contribution in [2.75, 3.05) is 7.11 Å². The summed E-state index contributed by atoms with van der Waals surface area (Å²) in [6.07, 6.45) is -0.706. The molecule has 1 aliphatic rings. The molecule has 0 amide bonds. The van der Waals surface area contributed by atoms with E-state index in [0.29, 0.717) is 5.76 Å². The minimum atomic E-state index is -0.706. The van der Waals surface area contributed by atoms with Gasteiger partial charge in [-0.3, -0.25) is 0 Å². The van der Waals surface area contributed by atoms with E-state index in [0.717, 1.165) is 27.8 Å². The molecule has 3 aromatic rings. The van der Waals surface area contributed by atoms with Gasteiger partial charge < -0.3 is 9.47 Å². The molecule has 0 heterocycles. The van der Waals surface area contributed by atoms with Crippen molar-refractivity contribution in [1.29, 1.82) is 0 Å². The van der Waals surface area contributed by atoms with Crippen molar-refractivity contribution in [3.63, 3.8) is 0 Å². The summed E-state index contributed by atoms with van der Waals surface area (Å²) in [5.41, 5.74) is 5.21. The molecule has 1 atom stereocenters. The van der Waals surface area contributed by atoms with Gasteiger partial charge >= 0.3 is 6.16 Å². The van der Waals surface area contributed by atoms with E-state index in [1.807, 2.05) is 60.7 Å². The molecule has 3 aromatic carbocycles. The smallest absolute Gasteiger partial charge is 0.437 e. The van der Waals surface area contributed by atoms with Crippen LogP contribution in [-0.4, -0.2) is 13.3 Å². The predicted octanol–water partition coefficient (Wildman–Crippen LogP) is 5.37. The molecule has 0 saturated heterocycles. The average molecular weight is 342 g/mol. The van der Waals surface area contributed by atoms with Gasteiger partial charge in [-0.25, -0.2) is 4.79 Å². The largest absolute Gasteiger partial charge is 0.513 e. The van der Waals surface area contributed by atoms with Crippen LogP contribution in [0, 0.1) is 0 Å². The molecule has 3 heteroatoms. The van der Waals surface area contributed by atoms with Crippen molar-refractivity contribution in [2.45, 2.75) is 5.92 Å². The Kier molecular flexibility index (Phi) is 4.28. The predicted molar refractivity (Wildman–Crippen MR) is 101 cm³/mol. The van der Waals surface area contributed by atoms with E-state index in [1.165, 1.54) is 7.11 Å².